The number of phenolic OH excluding ortho intramolecular Hbond substituents is 1. The number of halogens is 2. The zero-order chi connectivity index (χ0) is 22.6. The number of fused-ring (bicyclic) bond motifs is 2. The van der Waals surface area contributed by atoms with Crippen LogP contribution in [0.2, 0.25) is 5.02 Å². The molecule has 3 aromatic rings. The van der Waals surface area contributed by atoms with E-state index in [0.717, 1.165) is 29.0 Å². The molecule has 2 heterocycles. The number of benzene rings is 2. The fourth-order valence-corrected chi connectivity index (χ4v) is 5.74. The van der Waals surface area contributed by atoms with Gasteiger partial charge in [0, 0.05) is 24.0 Å². The molecule has 2 aliphatic rings. The van der Waals surface area contributed by atoms with Gasteiger partial charge in [-0.15, -0.1) is 0 Å². The lowest BCUT2D eigenvalue weighted by atomic mass is 9.89. The second-order valence-electron chi connectivity index (χ2n) is 8.55. The number of aromatic nitrogens is 1. The normalized spacial score (nSPS) is 16.5. The first kappa shape index (κ1) is 21.0. The molecule has 164 valence electrons. The van der Waals surface area contributed by atoms with Crippen molar-refractivity contribution in [1.29, 1.82) is 0 Å². The maximum atomic E-state index is 15.8. The summed E-state index contributed by atoms with van der Waals surface area (Å²) in [5.41, 5.74) is 2.54. The lowest BCUT2D eigenvalue weighted by molar-refractivity contribution is -0.118. The Balaban J connectivity index is 1.55. The second-order valence-corrected chi connectivity index (χ2v) is 9.71. The van der Waals surface area contributed by atoms with E-state index in [-0.39, 0.29) is 33.3 Å². The monoisotopic (exact) mass is 469 g/mol. The highest BCUT2D eigenvalue weighted by Crippen LogP contribution is 2.45. The predicted molar refractivity (Wildman–Crippen MR) is 128 cm³/mol. The zero-order valence-corrected chi connectivity index (χ0v) is 19.0. The first-order valence-corrected chi connectivity index (χ1v) is 11.4. The van der Waals surface area contributed by atoms with E-state index in [1.165, 1.54) is 17.6 Å². The number of phenols is 1. The van der Waals surface area contributed by atoms with Crippen molar-refractivity contribution in [3.8, 4) is 16.9 Å². The smallest absolute Gasteiger partial charge is 0.243 e. The molecule has 32 heavy (non-hydrogen) atoms. The van der Waals surface area contributed by atoms with Crippen molar-refractivity contribution in [2.24, 2.45) is 0 Å². The number of hydrogen-bond acceptors (Lipinski definition) is 5. The third kappa shape index (κ3) is 3.36. The van der Waals surface area contributed by atoms with Gasteiger partial charge in [-0.2, -0.15) is 4.37 Å². The minimum atomic E-state index is -0.495. The first-order chi connectivity index (χ1) is 15.3. The van der Waals surface area contributed by atoms with Crippen LogP contribution in [0.3, 0.4) is 0 Å². The molecule has 0 saturated carbocycles. The topological polar surface area (TPSA) is 65.5 Å². The maximum absolute atomic E-state index is 15.8. The summed E-state index contributed by atoms with van der Waals surface area (Å²) < 4.78 is 20.1. The average Bonchev–Trinajstić information content (AvgIpc) is 3.15. The molecule has 0 unspecified atom stereocenters. The van der Waals surface area contributed by atoms with E-state index in [2.05, 4.69) is 21.2 Å². The Morgan fingerprint density at radius 1 is 1.41 bits per heavy atom. The molecule has 0 atom stereocenters. The molecule has 0 spiro atoms. The van der Waals surface area contributed by atoms with Gasteiger partial charge in [-0.05, 0) is 72.3 Å². The minimum Gasteiger partial charge on any atom is -0.508 e. The molecule has 1 saturated heterocycles. The van der Waals surface area contributed by atoms with Crippen molar-refractivity contribution in [1.82, 2.24) is 9.69 Å². The number of carbonyl (C=O) groups excluding carboxylic acids is 1. The van der Waals surface area contributed by atoms with Gasteiger partial charge in [-0.1, -0.05) is 30.3 Å². The first-order valence-electron chi connectivity index (χ1n) is 10.3. The van der Waals surface area contributed by atoms with Crippen LogP contribution in [0.15, 0.2) is 36.9 Å². The molecule has 1 aliphatic carbocycles. The number of aromatic hydroxyl groups is 1. The highest BCUT2D eigenvalue weighted by Gasteiger charge is 2.41. The van der Waals surface area contributed by atoms with Gasteiger partial charge >= 0.3 is 0 Å². The van der Waals surface area contributed by atoms with Crippen LogP contribution in [0.1, 0.15) is 24.5 Å². The third-order valence-corrected chi connectivity index (χ3v) is 7.23. The van der Waals surface area contributed by atoms with Gasteiger partial charge < -0.3 is 15.3 Å². The molecule has 5 nitrogen and oxygen atoms in total. The molecule has 0 radical (unpaired) electrons. The van der Waals surface area contributed by atoms with E-state index < -0.39 is 5.82 Å². The fraction of sp³-hybridized carbons (Fsp3) is 0.250. The molecule has 2 N–H and O–H groups in total. The summed E-state index contributed by atoms with van der Waals surface area (Å²) in [6.07, 6.45) is 6.91. The standard InChI is InChI=1S/C24H21ClFN3O2S/c1-3-19(31)27-24(2)11-29(12-24)23-17-10-18(25)20(21(26)22(17)28-32-23)16-9-14(30)8-13-6-4-5-7-15(13)16/h3,5,7-10,30H,1,4,6,11-12H2,2H3,(H,27,31). The minimum absolute atomic E-state index is 0.0880. The quantitative estimate of drug-likeness (QED) is 0.509. The molecule has 1 aliphatic heterocycles. The average molecular weight is 470 g/mol. The van der Waals surface area contributed by atoms with Crippen LogP contribution in [0.4, 0.5) is 9.39 Å². The lowest BCUT2D eigenvalue weighted by Gasteiger charge is -2.48. The van der Waals surface area contributed by atoms with E-state index in [4.69, 9.17) is 11.6 Å². The maximum Gasteiger partial charge on any atom is 0.243 e. The third-order valence-electron chi connectivity index (χ3n) is 6.01. The molecular formula is C24H21ClFN3O2S. The summed E-state index contributed by atoms with van der Waals surface area (Å²) in [6.45, 7) is 6.60. The van der Waals surface area contributed by atoms with Crippen molar-refractivity contribution >= 4 is 51.0 Å². The van der Waals surface area contributed by atoms with Crippen molar-refractivity contribution in [2.45, 2.75) is 25.3 Å². The van der Waals surface area contributed by atoms with Gasteiger partial charge in [0.05, 0.1) is 10.6 Å². The van der Waals surface area contributed by atoms with Crippen LogP contribution < -0.4 is 10.2 Å². The Kier molecular flexibility index (Phi) is 4.98. The molecule has 8 heteroatoms. The number of aryl methyl sites for hydroxylation is 1. The number of anilines is 1. The largest absolute Gasteiger partial charge is 0.508 e. The number of rotatable bonds is 4. The van der Waals surface area contributed by atoms with Crippen LogP contribution in [0.5, 0.6) is 5.75 Å². The molecule has 1 amide bonds. The molecule has 1 fully saturated rings. The van der Waals surface area contributed by atoms with Crippen LogP contribution in [-0.2, 0) is 11.2 Å². The van der Waals surface area contributed by atoms with E-state index in [0.29, 0.717) is 24.0 Å². The summed E-state index contributed by atoms with van der Waals surface area (Å²) in [6, 6.07) is 5.02. The Bertz CT molecular complexity index is 1310. The van der Waals surface area contributed by atoms with E-state index >= 15 is 4.39 Å². The Morgan fingerprint density at radius 2 is 2.19 bits per heavy atom. The summed E-state index contributed by atoms with van der Waals surface area (Å²) >= 11 is 7.83. The number of nitrogens with one attached hydrogen (secondary N) is 1. The van der Waals surface area contributed by atoms with Crippen molar-refractivity contribution in [3.63, 3.8) is 0 Å². The van der Waals surface area contributed by atoms with Gasteiger partial charge in [0.15, 0.2) is 5.82 Å². The summed E-state index contributed by atoms with van der Waals surface area (Å²) in [4.78, 5) is 13.7. The van der Waals surface area contributed by atoms with E-state index in [9.17, 15) is 9.90 Å². The van der Waals surface area contributed by atoms with Gasteiger partial charge in [-0.25, -0.2) is 4.39 Å². The number of amides is 1. The number of carbonyl (C=O) groups is 1. The molecule has 2 aromatic carbocycles. The van der Waals surface area contributed by atoms with Gasteiger partial charge in [0.25, 0.3) is 0 Å². The summed E-state index contributed by atoms with van der Waals surface area (Å²) in [7, 11) is 0. The highest BCUT2D eigenvalue weighted by atomic mass is 35.5. The van der Waals surface area contributed by atoms with Crippen LogP contribution in [0.25, 0.3) is 28.1 Å². The van der Waals surface area contributed by atoms with Crippen LogP contribution >= 0.6 is 23.1 Å². The lowest BCUT2D eigenvalue weighted by Crippen LogP contribution is -2.68. The Hall–Kier alpha value is -2.90. The fourth-order valence-electron chi connectivity index (χ4n) is 4.59. The van der Waals surface area contributed by atoms with Gasteiger partial charge in [0.2, 0.25) is 5.91 Å². The van der Waals surface area contributed by atoms with Gasteiger partial charge in [-0.3, -0.25) is 4.79 Å². The SMILES string of the molecule is C=CC(=O)NC1(C)CN(c2snc3c(F)c(-c4cc(O)cc5c4C=CCC5)c(Cl)cc23)C1. The second kappa shape index (κ2) is 7.60. The number of allylic oxidation sites excluding steroid dienone is 1. The molecular weight excluding hydrogens is 449 g/mol. The van der Waals surface area contributed by atoms with Crippen molar-refractivity contribution in [3.05, 3.63) is 58.9 Å². The predicted octanol–water partition coefficient (Wildman–Crippen LogP) is 5.30. The molecule has 1 aromatic heterocycles. The van der Waals surface area contributed by atoms with Crippen molar-refractivity contribution in [2.75, 3.05) is 18.0 Å². The summed E-state index contributed by atoms with van der Waals surface area (Å²) in [5, 5.41) is 14.9. The number of nitrogens with zero attached hydrogens (tertiary/aromatic N) is 2. The number of hydrogen-bond donors (Lipinski definition) is 2. The van der Waals surface area contributed by atoms with Crippen LogP contribution in [-0.4, -0.2) is 34.0 Å². The van der Waals surface area contributed by atoms with Crippen molar-refractivity contribution < 1.29 is 14.3 Å². The Morgan fingerprint density at radius 3 is 2.94 bits per heavy atom. The molecule has 0 bridgehead atoms. The van der Waals surface area contributed by atoms with E-state index in [1.54, 1.807) is 18.2 Å². The Labute approximate surface area is 194 Å². The highest BCUT2D eigenvalue weighted by molar-refractivity contribution is 7.11. The summed E-state index contributed by atoms with van der Waals surface area (Å²) in [5.74, 6) is -0.626. The van der Waals surface area contributed by atoms with Gasteiger partial charge in [0.1, 0.15) is 16.3 Å². The van der Waals surface area contributed by atoms with E-state index in [1.807, 2.05) is 19.1 Å². The molecule has 5 rings (SSSR count). The zero-order valence-electron chi connectivity index (χ0n) is 17.4. The van der Waals surface area contributed by atoms with Crippen LogP contribution in [0, 0.1) is 5.82 Å².